The molecular weight excluding hydrogens is 408 g/mol. The summed E-state index contributed by atoms with van der Waals surface area (Å²) in [6.45, 7) is 5.70. The van der Waals surface area contributed by atoms with Crippen molar-refractivity contribution in [1.29, 1.82) is 0 Å². The standard InChI is InChI=1S/C13H20N4O.C10H14N2O2/c1-16-6-8-17(9-7-16)13(18)12-14-10-4-2-3-5-11(10)15-12;1-2-14-10(13)9-11-7-5-3-4-6-8(7)12-9/h2-9H2,1H3,(H,14,15);2-6H2,1H3,(H,11,12). The second kappa shape index (κ2) is 10.3. The maximum absolute atomic E-state index is 12.3. The number of nitrogens with one attached hydrogen (secondary N) is 2. The van der Waals surface area contributed by atoms with Crippen molar-refractivity contribution in [3.63, 3.8) is 0 Å². The first-order valence-electron chi connectivity index (χ1n) is 11.9. The SMILES string of the molecule is CCOC(=O)c1nc2c([nH]1)CCCC2.CN1CCN(C(=O)c2nc3c([nH]2)CCCC3)CC1. The maximum atomic E-state index is 12.3. The summed E-state index contributed by atoms with van der Waals surface area (Å²) in [7, 11) is 2.09. The Hall–Kier alpha value is -2.68. The Kier molecular flexibility index (Phi) is 7.24. The zero-order valence-electron chi connectivity index (χ0n) is 19.2. The molecule has 1 saturated heterocycles. The van der Waals surface area contributed by atoms with Gasteiger partial charge in [0.1, 0.15) is 0 Å². The molecule has 0 bridgehead atoms. The molecule has 3 aliphatic rings. The van der Waals surface area contributed by atoms with Crippen molar-refractivity contribution in [3.8, 4) is 0 Å². The lowest BCUT2D eigenvalue weighted by Crippen LogP contribution is -2.47. The van der Waals surface area contributed by atoms with Gasteiger partial charge in [-0.25, -0.2) is 14.8 Å². The molecule has 9 heteroatoms. The molecule has 0 aromatic carbocycles. The van der Waals surface area contributed by atoms with Crippen LogP contribution in [-0.4, -0.2) is 81.4 Å². The minimum Gasteiger partial charge on any atom is -0.460 e. The fourth-order valence-electron chi connectivity index (χ4n) is 4.46. The van der Waals surface area contributed by atoms with E-state index in [1.807, 2.05) is 4.90 Å². The second-order valence-corrected chi connectivity index (χ2v) is 8.75. The number of nitrogens with zero attached hydrogens (tertiary/aromatic N) is 4. The number of aryl methyl sites for hydroxylation is 4. The van der Waals surface area contributed by atoms with E-state index in [0.29, 0.717) is 18.3 Å². The third-order valence-corrected chi connectivity index (χ3v) is 6.37. The number of aromatic amines is 2. The first-order chi connectivity index (χ1) is 15.5. The van der Waals surface area contributed by atoms with Crippen molar-refractivity contribution in [2.24, 2.45) is 0 Å². The number of esters is 1. The molecule has 1 fully saturated rings. The average Bonchev–Trinajstić information content (AvgIpc) is 3.44. The number of likely N-dealkylation sites (N-methyl/N-ethyl adjacent to an activating group) is 1. The van der Waals surface area contributed by atoms with Crippen molar-refractivity contribution in [2.75, 3.05) is 39.8 Å². The van der Waals surface area contributed by atoms with Gasteiger partial charge >= 0.3 is 5.97 Å². The molecule has 0 spiro atoms. The van der Waals surface area contributed by atoms with Crippen molar-refractivity contribution in [1.82, 2.24) is 29.7 Å². The van der Waals surface area contributed by atoms with E-state index in [1.54, 1.807) is 6.92 Å². The van der Waals surface area contributed by atoms with Crippen LogP contribution >= 0.6 is 0 Å². The Balaban J connectivity index is 0.000000158. The van der Waals surface area contributed by atoms with E-state index in [-0.39, 0.29) is 11.9 Å². The van der Waals surface area contributed by atoms with Gasteiger partial charge in [-0.15, -0.1) is 0 Å². The van der Waals surface area contributed by atoms with Crippen LogP contribution in [0.4, 0.5) is 0 Å². The third kappa shape index (κ3) is 5.20. The van der Waals surface area contributed by atoms with Gasteiger partial charge in [0.25, 0.3) is 5.91 Å². The van der Waals surface area contributed by atoms with Gasteiger partial charge in [-0.05, 0) is 65.3 Å². The smallest absolute Gasteiger partial charge is 0.374 e. The monoisotopic (exact) mass is 442 g/mol. The molecular formula is C23H34N6O3. The van der Waals surface area contributed by atoms with E-state index in [0.717, 1.165) is 68.9 Å². The number of rotatable bonds is 3. The van der Waals surface area contributed by atoms with Crippen LogP contribution in [0.5, 0.6) is 0 Å². The maximum Gasteiger partial charge on any atom is 0.374 e. The number of hydrogen-bond acceptors (Lipinski definition) is 6. The summed E-state index contributed by atoms with van der Waals surface area (Å²) in [5, 5.41) is 0. The Bertz CT molecular complexity index is 895. The summed E-state index contributed by atoms with van der Waals surface area (Å²) in [6.07, 6.45) is 8.78. The number of carbonyl (C=O) groups excluding carboxylic acids is 2. The summed E-state index contributed by atoms with van der Waals surface area (Å²) in [6, 6.07) is 0. The van der Waals surface area contributed by atoms with Crippen molar-refractivity contribution < 1.29 is 14.3 Å². The lowest BCUT2D eigenvalue weighted by molar-refractivity contribution is 0.0512. The highest BCUT2D eigenvalue weighted by atomic mass is 16.5. The second-order valence-electron chi connectivity index (χ2n) is 8.75. The van der Waals surface area contributed by atoms with E-state index in [2.05, 4.69) is 31.9 Å². The van der Waals surface area contributed by atoms with Crippen LogP contribution in [0.1, 0.15) is 76.6 Å². The van der Waals surface area contributed by atoms with Gasteiger partial charge in [-0.1, -0.05) is 0 Å². The first kappa shape index (κ1) is 22.5. The van der Waals surface area contributed by atoms with Crippen LogP contribution in [0, 0.1) is 0 Å². The predicted octanol–water partition coefficient (Wildman–Crippen LogP) is 2.14. The molecule has 5 rings (SSSR count). The topological polar surface area (TPSA) is 107 Å². The average molecular weight is 443 g/mol. The van der Waals surface area contributed by atoms with Crippen LogP contribution in [0.3, 0.4) is 0 Å². The minimum atomic E-state index is -0.345. The molecule has 0 saturated carbocycles. The number of carbonyl (C=O) groups is 2. The highest BCUT2D eigenvalue weighted by Gasteiger charge is 2.25. The molecule has 0 radical (unpaired) electrons. The number of hydrogen-bond donors (Lipinski definition) is 2. The normalized spacial score (nSPS) is 18.2. The van der Waals surface area contributed by atoms with Crippen molar-refractivity contribution >= 4 is 11.9 Å². The highest BCUT2D eigenvalue weighted by molar-refractivity contribution is 5.91. The van der Waals surface area contributed by atoms with E-state index in [9.17, 15) is 9.59 Å². The third-order valence-electron chi connectivity index (χ3n) is 6.37. The predicted molar refractivity (Wildman–Crippen MR) is 120 cm³/mol. The van der Waals surface area contributed by atoms with Crippen LogP contribution in [0.2, 0.25) is 0 Å². The number of amides is 1. The Morgan fingerprint density at radius 2 is 1.38 bits per heavy atom. The molecule has 1 aliphatic heterocycles. The van der Waals surface area contributed by atoms with Crippen LogP contribution in [0.15, 0.2) is 0 Å². The van der Waals surface area contributed by atoms with E-state index >= 15 is 0 Å². The van der Waals surface area contributed by atoms with Gasteiger partial charge in [0.15, 0.2) is 5.82 Å². The molecule has 2 aliphatic carbocycles. The molecule has 0 atom stereocenters. The minimum absolute atomic E-state index is 0.0671. The zero-order chi connectivity index (χ0) is 22.5. The van der Waals surface area contributed by atoms with E-state index in [4.69, 9.17) is 4.74 Å². The van der Waals surface area contributed by atoms with Crippen LogP contribution in [-0.2, 0) is 30.4 Å². The number of ether oxygens (including phenoxy) is 1. The summed E-state index contributed by atoms with van der Waals surface area (Å²) in [5.74, 6) is 0.629. The summed E-state index contributed by atoms with van der Waals surface area (Å²) in [5.41, 5.74) is 4.44. The molecule has 2 N–H and O–H groups in total. The fraction of sp³-hybridized carbons (Fsp3) is 0.652. The molecule has 174 valence electrons. The largest absolute Gasteiger partial charge is 0.460 e. The number of piperazine rings is 1. The van der Waals surface area contributed by atoms with Crippen molar-refractivity contribution in [2.45, 2.75) is 58.3 Å². The molecule has 2 aromatic rings. The Morgan fingerprint density at radius 1 is 0.844 bits per heavy atom. The highest BCUT2D eigenvalue weighted by Crippen LogP contribution is 2.20. The van der Waals surface area contributed by atoms with E-state index < -0.39 is 0 Å². The molecule has 9 nitrogen and oxygen atoms in total. The fourth-order valence-corrected chi connectivity index (χ4v) is 4.46. The lowest BCUT2D eigenvalue weighted by Gasteiger charge is -2.31. The van der Waals surface area contributed by atoms with Gasteiger partial charge in [0, 0.05) is 37.6 Å². The number of H-pyrrole nitrogens is 2. The van der Waals surface area contributed by atoms with Gasteiger partial charge in [0.05, 0.1) is 18.0 Å². The number of aromatic nitrogens is 4. The Morgan fingerprint density at radius 3 is 1.94 bits per heavy atom. The molecule has 32 heavy (non-hydrogen) atoms. The molecule has 0 unspecified atom stereocenters. The Labute approximate surface area is 188 Å². The number of imidazole rings is 2. The first-order valence-corrected chi connectivity index (χ1v) is 11.9. The van der Waals surface area contributed by atoms with Gasteiger partial charge in [0.2, 0.25) is 5.82 Å². The zero-order valence-corrected chi connectivity index (χ0v) is 19.2. The molecule has 1 amide bonds. The molecule has 2 aromatic heterocycles. The van der Waals surface area contributed by atoms with Gasteiger partial charge in [-0.2, -0.15) is 0 Å². The van der Waals surface area contributed by atoms with Crippen LogP contribution in [0.25, 0.3) is 0 Å². The van der Waals surface area contributed by atoms with Gasteiger partial charge in [-0.3, -0.25) is 4.79 Å². The summed E-state index contributed by atoms with van der Waals surface area (Å²) >= 11 is 0. The summed E-state index contributed by atoms with van der Waals surface area (Å²) < 4.78 is 4.87. The number of fused-ring (bicyclic) bond motifs is 2. The lowest BCUT2D eigenvalue weighted by atomic mass is 10.0. The quantitative estimate of drug-likeness (QED) is 0.706. The van der Waals surface area contributed by atoms with Crippen LogP contribution < -0.4 is 0 Å². The van der Waals surface area contributed by atoms with Gasteiger partial charge < -0.3 is 24.5 Å². The van der Waals surface area contributed by atoms with Crippen molar-refractivity contribution in [3.05, 3.63) is 34.4 Å². The molecule has 3 heterocycles. The summed E-state index contributed by atoms with van der Waals surface area (Å²) in [4.78, 5) is 42.8. The van der Waals surface area contributed by atoms with E-state index in [1.165, 1.54) is 31.4 Å².